The van der Waals surface area contributed by atoms with Crippen molar-refractivity contribution in [2.45, 2.75) is 30.8 Å². The smallest absolute Gasteiger partial charge is 0.270 e. The average Bonchev–Trinajstić information content (AvgIpc) is 2.98. The van der Waals surface area contributed by atoms with Crippen LogP contribution in [0.4, 0.5) is 5.69 Å². The highest BCUT2D eigenvalue weighted by molar-refractivity contribution is 7.99. The van der Waals surface area contributed by atoms with Crippen LogP contribution in [0.3, 0.4) is 0 Å². The first-order chi connectivity index (χ1) is 12.0. The van der Waals surface area contributed by atoms with E-state index in [1.165, 1.54) is 6.07 Å². The Morgan fingerprint density at radius 1 is 1.16 bits per heavy atom. The van der Waals surface area contributed by atoms with E-state index in [1.54, 1.807) is 30.1 Å². The fourth-order valence-electron chi connectivity index (χ4n) is 2.59. The molecular weight excluding hydrogens is 334 g/mol. The fourth-order valence-corrected chi connectivity index (χ4v) is 3.42. The number of imidazole rings is 1. The van der Waals surface area contributed by atoms with Crippen LogP contribution in [0.5, 0.6) is 0 Å². The average molecular weight is 353 g/mol. The Bertz CT molecular complexity index is 875. The second-order valence-corrected chi connectivity index (χ2v) is 7.52. The van der Waals surface area contributed by atoms with Gasteiger partial charge in [-0.3, -0.25) is 10.1 Å². The number of nitro benzene ring substituents is 1. The summed E-state index contributed by atoms with van der Waals surface area (Å²) in [5, 5.41) is 12.4. The molecule has 0 radical (unpaired) electrons. The summed E-state index contributed by atoms with van der Waals surface area (Å²) >= 11 is 1.69. The highest BCUT2D eigenvalue weighted by atomic mass is 32.2. The van der Waals surface area contributed by atoms with Crippen LogP contribution in [-0.4, -0.2) is 19.7 Å². The van der Waals surface area contributed by atoms with Gasteiger partial charge in [0, 0.05) is 22.9 Å². The summed E-state index contributed by atoms with van der Waals surface area (Å²) in [5.41, 5.74) is 2.93. The number of non-ortho nitro benzene ring substituents is 1. The maximum absolute atomic E-state index is 11.1. The quantitative estimate of drug-likeness (QED) is 0.355. The SMILES string of the molecule is CC(C)Sc1ncc(-c2cccc([N+](=O)[O-])c2)n1Cc1ccccc1. The van der Waals surface area contributed by atoms with E-state index in [2.05, 4.69) is 35.5 Å². The number of hydrogen-bond acceptors (Lipinski definition) is 4. The molecule has 0 saturated heterocycles. The third-order valence-corrected chi connectivity index (χ3v) is 4.70. The lowest BCUT2D eigenvalue weighted by atomic mass is 10.1. The van der Waals surface area contributed by atoms with Gasteiger partial charge in [0.15, 0.2) is 5.16 Å². The van der Waals surface area contributed by atoms with Gasteiger partial charge in [0.1, 0.15) is 0 Å². The molecule has 0 fully saturated rings. The van der Waals surface area contributed by atoms with E-state index in [1.807, 2.05) is 24.3 Å². The molecule has 0 aliphatic rings. The third kappa shape index (κ3) is 4.09. The van der Waals surface area contributed by atoms with Gasteiger partial charge in [-0.15, -0.1) is 0 Å². The zero-order chi connectivity index (χ0) is 17.8. The van der Waals surface area contributed by atoms with E-state index in [0.717, 1.165) is 22.0 Å². The largest absolute Gasteiger partial charge is 0.314 e. The van der Waals surface area contributed by atoms with Crippen LogP contribution in [0, 0.1) is 10.1 Å². The Morgan fingerprint density at radius 2 is 1.92 bits per heavy atom. The Kier molecular flexibility index (Phi) is 5.19. The van der Waals surface area contributed by atoms with E-state index in [0.29, 0.717) is 11.8 Å². The van der Waals surface area contributed by atoms with Gasteiger partial charge in [0.05, 0.1) is 23.4 Å². The molecule has 0 aliphatic carbocycles. The molecule has 0 amide bonds. The zero-order valence-corrected chi connectivity index (χ0v) is 14.9. The topological polar surface area (TPSA) is 61.0 Å². The van der Waals surface area contributed by atoms with Gasteiger partial charge in [-0.1, -0.05) is 68.1 Å². The van der Waals surface area contributed by atoms with Crippen molar-refractivity contribution >= 4 is 17.4 Å². The Labute approximate surface area is 150 Å². The maximum Gasteiger partial charge on any atom is 0.270 e. The molecule has 0 aliphatic heterocycles. The summed E-state index contributed by atoms with van der Waals surface area (Å²) in [6, 6.07) is 16.8. The molecule has 25 heavy (non-hydrogen) atoms. The minimum absolute atomic E-state index is 0.0861. The first-order valence-corrected chi connectivity index (χ1v) is 8.93. The van der Waals surface area contributed by atoms with Crippen LogP contribution in [0.1, 0.15) is 19.4 Å². The monoisotopic (exact) mass is 353 g/mol. The summed E-state index contributed by atoms with van der Waals surface area (Å²) in [6.07, 6.45) is 1.80. The Balaban J connectivity index is 2.05. The van der Waals surface area contributed by atoms with Crippen molar-refractivity contribution in [2.24, 2.45) is 0 Å². The first kappa shape index (κ1) is 17.2. The van der Waals surface area contributed by atoms with Gasteiger partial charge in [0.2, 0.25) is 0 Å². The second kappa shape index (κ2) is 7.53. The number of hydrogen-bond donors (Lipinski definition) is 0. The molecular formula is C19H19N3O2S. The predicted octanol–water partition coefficient (Wildman–Crippen LogP) is 5.01. The Hall–Kier alpha value is -2.60. The first-order valence-electron chi connectivity index (χ1n) is 8.05. The van der Waals surface area contributed by atoms with Gasteiger partial charge >= 0.3 is 0 Å². The third-order valence-electron chi connectivity index (χ3n) is 3.70. The van der Waals surface area contributed by atoms with Crippen LogP contribution in [0.15, 0.2) is 66.0 Å². The maximum atomic E-state index is 11.1. The molecule has 0 unspecified atom stereocenters. The van der Waals surface area contributed by atoms with Gasteiger partial charge in [-0.25, -0.2) is 4.98 Å². The summed E-state index contributed by atoms with van der Waals surface area (Å²) in [7, 11) is 0. The molecule has 6 heteroatoms. The molecule has 0 bridgehead atoms. The van der Waals surface area contributed by atoms with E-state index in [4.69, 9.17) is 0 Å². The van der Waals surface area contributed by atoms with E-state index in [-0.39, 0.29) is 10.6 Å². The molecule has 0 atom stereocenters. The molecule has 128 valence electrons. The number of aromatic nitrogens is 2. The summed E-state index contributed by atoms with van der Waals surface area (Å²) < 4.78 is 2.12. The second-order valence-electron chi connectivity index (χ2n) is 5.97. The normalized spacial score (nSPS) is 11.0. The van der Waals surface area contributed by atoms with Crippen molar-refractivity contribution < 1.29 is 4.92 Å². The van der Waals surface area contributed by atoms with Crippen LogP contribution >= 0.6 is 11.8 Å². The minimum Gasteiger partial charge on any atom is -0.314 e. The van der Waals surface area contributed by atoms with Crippen LogP contribution in [0.25, 0.3) is 11.3 Å². The van der Waals surface area contributed by atoms with Gasteiger partial charge in [-0.2, -0.15) is 0 Å². The molecule has 5 nitrogen and oxygen atoms in total. The fraction of sp³-hybridized carbons (Fsp3) is 0.211. The molecule has 0 N–H and O–H groups in total. The molecule has 3 aromatic rings. The van der Waals surface area contributed by atoms with Gasteiger partial charge < -0.3 is 4.57 Å². The van der Waals surface area contributed by atoms with E-state index in [9.17, 15) is 10.1 Å². The molecule has 2 aromatic carbocycles. The summed E-state index contributed by atoms with van der Waals surface area (Å²) in [6.45, 7) is 4.92. The van der Waals surface area contributed by atoms with Crippen LogP contribution in [-0.2, 0) is 6.54 Å². The van der Waals surface area contributed by atoms with Crippen molar-refractivity contribution in [1.82, 2.24) is 9.55 Å². The highest BCUT2D eigenvalue weighted by Gasteiger charge is 2.16. The molecule has 0 saturated carbocycles. The highest BCUT2D eigenvalue weighted by Crippen LogP contribution is 2.30. The Morgan fingerprint density at radius 3 is 2.60 bits per heavy atom. The lowest BCUT2D eigenvalue weighted by Gasteiger charge is -2.13. The summed E-state index contributed by atoms with van der Waals surface area (Å²) in [5.74, 6) is 0. The standard InChI is InChI=1S/C19H19N3O2S/c1-14(2)25-19-20-12-18(16-9-6-10-17(11-16)22(23)24)21(19)13-15-7-4-3-5-8-15/h3-12,14H,13H2,1-2H3. The number of thioether (sulfide) groups is 1. The van der Waals surface area contributed by atoms with Crippen molar-refractivity contribution in [3.8, 4) is 11.3 Å². The number of nitro groups is 1. The number of rotatable bonds is 6. The van der Waals surface area contributed by atoms with Gasteiger partial charge in [0.25, 0.3) is 5.69 Å². The lowest BCUT2D eigenvalue weighted by molar-refractivity contribution is -0.384. The van der Waals surface area contributed by atoms with Crippen molar-refractivity contribution in [2.75, 3.05) is 0 Å². The minimum atomic E-state index is -0.370. The van der Waals surface area contributed by atoms with Crippen molar-refractivity contribution in [1.29, 1.82) is 0 Å². The van der Waals surface area contributed by atoms with Crippen LogP contribution in [0.2, 0.25) is 0 Å². The summed E-state index contributed by atoms with van der Waals surface area (Å²) in [4.78, 5) is 15.3. The van der Waals surface area contributed by atoms with E-state index >= 15 is 0 Å². The van der Waals surface area contributed by atoms with Crippen molar-refractivity contribution in [3.05, 3.63) is 76.5 Å². The zero-order valence-electron chi connectivity index (χ0n) is 14.1. The number of nitrogens with zero attached hydrogens (tertiary/aromatic N) is 3. The van der Waals surface area contributed by atoms with Crippen molar-refractivity contribution in [3.63, 3.8) is 0 Å². The molecule has 0 spiro atoms. The lowest BCUT2D eigenvalue weighted by Crippen LogP contribution is -2.05. The molecule has 1 heterocycles. The van der Waals surface area contributed by atoms with E-state index < -0.39 is 0 Å². The predicted molar refractivity (Wildman–Crippen MR) is 101 cm³/mol. The molecule has 3 rings (SSSR count). The number of benzene rings is 2. The van der Waals surface area contributed by atoms with Gasteiger partial charge in [-0.05, 0) is 5.56 Å². The van der Waals surface area contributed by atoms with Crippen LogP contribution < -0.4 is 0 Å². The molecule has 1 aromatic heterocycles.